The Kier molecular flexibility index (Phi) is 4.71. The van der Waals surface area contributed by atoms with E-state index in [1.54, 1.807) is 6.20 Å². The van der Waals surface area contributed by atoms with Crippen molar-refractivity contribution in [1.82, 2.24) is 10.3 Å². The van der Waals surface area contributed by atoms with Gasteiger partial charge in [-0.15, -0.1) is 0 Å². The zero-order chi connectivity index (χ0) is 18.6. The Labute approximate surface area is 158 Å². The Morgan fingerprint density at radius 2 is 1.96 bits per heavy atom. The first kappa shape index (κ1) is 17.0. The molecular weight excluding hydrogens is 364 g/mol. The second kappa shape index (κ2) is 7.46. The predicted octanol–water partition coefficient (Wildman–Crippen LogP) is 2.52. The van der Waals surface area contributed by atoms with E-state index in [0.29, 0.717) is 10.7 Å². The maximum absolute atomic E-state index is 12.4. The molecule has 0 aliphatic heterocycles. The molecule has 0 atom stereocenters. The molecule has 7 nitrogen and oxygen atoms in total. The van der Waals surface area contributed by atoms with Crippen molar-refractivity contribution in [3.8, 4) is 5.69 Å². The maximum atomic E-state index is 12.4. The number of para-hydroxylation sites is 1. The van der Waals surface area contributed by atoms with Crippen LogP contribution in [0.25, 0.3) is 16.6 Å². The average molecular weight is 379 g/mol. The topological polar surface area (TPSA) is 91.9 Å². The minimum absolute atomic E-state index is 0.0616. The molecule has 0 saturated heterocycles. The summed E-state index contributed by atoms with van der Waals surface area (Å²) in [5, 5.41) is 6.59. The summed E-state index contributed by atoms with van der Waals surface area (Å²) < 4.78 is 6.40. The number of carbonyl (C=O) groups excluding carboxylic acids is 1. The van der Waals surface area contributed by atoms with Gasteiger partial charge < -0.3 is 5.32 Å². The summed E-state index contributed by atoms with van der Waals surface area (Å²) in [5.74, 6) is -0.164. The first-order valence-corrected chi connectivity index (χ1v) is 9.16. The van der Waals surface area contributed by atoms with E-state index in [1.807, 2.05) is 60.7 Å². The molecule has 0 fully saturated rings. The first-order valence-electron chi connectivity index (χ1n) is 8.18. The molecule has 2 N–H and O–H groups in total. The van der Waals surface area contributed by atoms with Gasteiger partial charge in [-0.05, 0) is 46.0 Å². The van der Waals surface area contributed by atoms with Crippen LogP contribution in [0.4, 0.5) is 5.69 Å². The van der Waals surface area contributed by atoms with E-state index in [2.05, 4.69) is 15.6 Å². The Morgan fingerprint density at radius 1 is 1.11 bits per heavy atom. The summed E-state index contributed by atoms with van der Waals surface area (Å²) in [4.78, 5) is 28.7. The molecule has 0 spiro atoms. The maximum Gasteiger partial charge on any atom is 0.442 e. The lowest BCUT2D eigenvalue weighted by Gasteiger charge is -2.07. The fourth-order valence-electron chi connectivity index (χ4n) is 2.67. The van der Waals surface area contributed by atoms with E-state index >= 15 is 0 Å². The summed E-state index contributed by atoms with van der Waals surface area (Å²) in [6.45, 7) is 0. The second-order valence-electron chi connectivity index (χ2n) is 5.67. The Morgan fingerprint density at radius 3 is 2.81 bits per heavy atom. The van der Waals surface area contributed by atoms with Crippen molar-refractivity contribution < 1.29 is 14.0 Å². The third-order valence-electron chi connectivity index (χ3n) is 3.88. The van der Waals surface area contributed by atoms with Gasteiger partial charge in [0.2, 0.25) is 11.6 Å². The van der Waals surface area contributed by atoms with Crippen LogP contribution in [0, 0.1) is 0 Å². The van der Waals surface area contributed by atoms with E-state index in [-0.39, 0.29) is 11.7 Å². The molecule has 2 heterocycles. The summed E-state index contributed by atoms with van der Waals surface area (Å²) in [6.07, 6.45) is 1.71. The van der Waals surface area contributed by atoms with Gasteiger partial charge in [-0.1, -0.05) is 24.3 Å². The number of carbonyl (C=O) groups is 1. The highest BCUT2D eigenvalue weighted by atomic mass is 32.2. The zero-order valence-corrected chi connectivity index (χ0v) is 14.9. The number of fused-ring (bicyclic) bond motifs is 1. The largest absolute Gasteiger partial charge is 0.442 e. The number of aromatic amines is 1. The van der Waals surface area contributed by atoms with Gasteiger partial charge in [-0.25, -0.2) is 4.79 Å². The molecule has 4 rings (SSSR count). The first-order chi connectivity index (χ1) is 13.2. The lowest BCUT2D eigenvalue weighted by atomic mass is 10.2. The van der Waals surface area contributed by atoms with Gasteiger partial charge in [-0.2, -0.15) is 0 Å². The number of thioether (sulfide) groups is 1. The van der Waals surface area contributed by atoms with Crippen LogP contribution in [0.3, 0.4) is 0 Å². The smallest absolute Gasteiger partial charge is 0.325 e. The quantitative estimate of drug-likeness (QED) is 0.411. The third-order valence-corrected chi connectivity index (χ3v) is 4.91. The van der Waals surface area contributed by atoms with E-state index in [4.69, 9.17) is 4.52 Å². The highest BCUT2D eigenvalue weighted by Crippen LogP contribution is 2.21. The van der Waals surface area contributed by atoms with Gasteiger partial charge in [0.05, 0.1) is 17.0 Å². The normalized spacial score (nSPS) is 10.8. The number of hydrogen-bond donors (Lipinski definition) is 2. The number of hydrogen-bond acceptors (Lipinski definition) is 5. The molecule has 0 bridgehead atoms. The molecule has 0 aliphatic carbocycles. The summed E-state index contributed by atoms with van der Waals surface area (Å²) >= 11 is 1.11. The fraction of sp³-hybridized carbons (Fsp3) is 0.0526. The Bertz CT molecular complexity index is 1150. The van der Waals surface area contributed by atoms with Gasteiger partial charge >= 0.3 is 10.7 Å². The summed E-state index contributed by atoms with van der Waals surface area (Å²) in [5.41, 5.74) is 1.71. The van der Waals surface area contributed by atoms with E-state index in [9.17, 15) is 9.59 Å². The number of benzene rings is 2. The van der Waals surface area contributed by atoms with Crippen LogP contribution in [0.5, 0.6) is 0 Å². The standard InChI is InChI=1S/C19H14N4O3S/c24-17(21-16-10-4-9-15-14(16)8-5-11-20-15)12-27-18-19(25)26-22-23(18)13-6-2-1-3-7-13/h1-11H,12H2,(H-,20,21,22,24,25)/p+1. The number of nitrogens with zero attached hydrogens (tertiary/aromatic N) is 2. The summed E-state index contributed by atoms with van der Waals surface area (Å²) in [6, 6.07) is 18.5. The minimum atomic E-state index is -0.522. The molecule has 134 valence electrons. The molecule has 0 unspecified atom stereocenters. The monoisotopic (exact) mass is 379 g/mol. The molecular formula is C19H15N4O3S+. The van der Waals surface area contributed by atoms with Crippen molar-refractivity contribution in [2.24, 2.45) is 0 Å². The molecule has 8 heteroatoms. The fourth-order valence-corrected chi connectivity index (χ4v) is 3.44. The highest BCUT2D eigenvalue weighted by molar-refractivity contribution is 7.99. The van der Waals surface area contributed by atoms with E-state index in [0.717, 1.165) is 28.4 Å². The molecule has 27 heavy (non-hydrogen) atoms. The average Bonchev–Trinajstić information content (AvgIpc) is 3.08. The molecule has 2 aromatic heterocycles. The van der Waals surface area contributed by atoms with Crippen molar-refractivity contribution in [1.29, 1.82) is 0 Å². The predicted molar refractivity (Wildman–Crippen MR) is 102 cm³/mol. The van der Waals surface area contributed by atoms with Crippen molar-refractivity contribution in [3.05, 3.63) is 77.3 Å². The second-order valence-corrected chi connectivity index (χ2v) is 6.63. The number of aromatic nitrogens is 3. The number of amides is 1. The van der Waals surface area contributed by atoms with Gasteiger partial charge in [0, 0.05) is 23.7 Å². The molecule has 0 aliphatic rings. The molecule has 0 saturated carbocycles. The number of anilines is 1. The number of pyridine rings is 1. The van der Waals surface area contributed by atoms with Crippen molar-refractivity contribution in [3.63, 3.8) is 0 Å². The zero-order valence-electron chi connectivity index (χ0n) is 14.1. The van der Waals surface area contributed by atoms with Gasteiger partial charge in [0.1, 0.15) is 0 Å². The van der Waals surface area contributed by atoms with Crippen LogP contribution in [0.2, 0.25) is 0 Å². The molecule has 0 radical (unpaired) electrons. The lowest BCUT2D eigenvalue weighted by Crippen LogP contribution is -2.36. The van der Waals surface area contributed by atoms with Crippen LogP contribution in [-0.4, -0.2) is 21.9 Å². The summed E-state index contributed by atoms with van der Waals surface area (Å²) in [7, 11) is 0. The van der Waals surface area contributed by atoms with Gasteiger partial charge in [0.15, 0.2) is 0 Å². The van der Waals surface area contributed by atoms with Gasteiger partial charge in [0.25, 0.3) is 0 Å². The SMILES string of the molecule is O=C(CSc1c(=O)o[nH][n+]1-c1ccccc1)Nc1cccc2ncccc12. The van der Waals surface area contributed by atoms with Crippen LogP contribution < -0.4 is 15.6 Å². The van der Waals surface area contributed by atoms with Crippen LogP contribution in [-0.2, 0) is 4.79 Å². The molecule has 1 amide bonds. The van der Waals surface area contributed by atoms with Crippen molar-refractivity contribution in [2.75, 3.05) is 11.1 Å². The molecule has 2 aromatic carbocycles. The Hall–Kier alpha value is -3.39. The number of nitrogens with one attached hydrogen (secondary N) is 2. The van der Waals surface area contributed by atoms with Crippen molar-refractivity contribution >= 4 is 34.3 Å². The van der Waals surface area contributed by atoms with E-state index in [1.165, 1.54) is 4.68 Å². The van der Waals surface area contributed by atoms with Crippen LogP contribution in [0.1, 0.15) is 0 Å². The Balaban J connectivity index is 1.50. The van der Waals surface area contributed by atoms with E-state index < -0.39 is 5.63 Å². The van der Waals surface area contributed by atoms with Crippen LogP contribution >= 0.6 is 11.8 Å². The highest BCUT2D eigenvalue weighted by Gasteiger charge is 2.24. The van der Waals surface area contributed by atoms with Gasteiger partial charge in [-0.3, -0.25) is 14.3 Å². The van der Waals surface area contributed by atoms with Crippen molar-refractivity contribution in [2.45, 2.75) is 5.03 Å². The number of rotatable bonds is 5. The third kappa shape index (κ3) is 3.61. The lowest BCUT2D eigenvalue weighted by molar-refractivity contribution is -0.704. The van der Waals surface area contributed by atoms with Crippen LogP contribution in [0.15, 0.2) is 81.2 Å². The number of H-pyrrole nitrogens is 1. The minimum Gasteiger partial charge on any atom is -0.325 e. The molecule has 4 aromatic rings.